The predicted octanol–water partition coefficient (Wildman–Crippen LogP) is 4.22. The molecule has 0 bridgehead atoms. The Balaban J connectivity index is 0.00000288. The standard InChI is InChI=1S/C18H28ClN3O.HI/c1-3-20-17(21-13-15-7-4-5-8-16(15)19)22-14-18(9-6-10-18)11-12-23-2;/h4-5,7-8H,3,6,9-14H2,1-2H3,(H2,20,21,22);1H. The zero-order valence-corrected chi connectivity index (χ0v) is 17.7. The van der Waals surface area contributed by atoms with Gasteiger partial charge in [0.25, 0.3) is 0 Å². The van der Waals surface area contributed by atoms with Gasteiger partial charge in [-0.15, -0.1) is 24.0 Å². The molecule has 1 aliphatic rings. The lowest BCUT2D eigenvalue weighted by atomic mass is 9.67. The molecule has 0 atom stereocenters. The molecule has 0 heterocycles. The number of halogens is 2. The van der Waals surface area contributed by atoms with Crippen molar-refractivity contribution in [3.05, 3.63) is 34.9 Å². The van der Waals surface area contributed by atoms with E-state index in [1.165, 1.54) is 19.3 Å². The SMILES string of the molecule is CCNC(=NCc1ccccc1Cl)NCC1(CCOC)CCC1.I. The Kier molecular flexibility index (Phi) is 10.0. The molecule has 1 aromatic rings. The lowest BCUT2D eigenvalue weighted by Gasteiger charge is -2.42. The molecule has 0 aliphatic heterocycles. The average Bonchev–Trinajstić information content (AvgIpc) is 2.52. The maximum Gasteiger partial charge on any atom is 0.191 e. The highest BCUT2D eigenvalue weighted by molar-refractivity contribution is 14.0. The van der Waals surface area contributed by atoms with Crippen molar-refractivity contribution in [2.45, 2.75) is 39.2 Å². The molecule has 2 rings (SSSR count). The molecule has 0 spiro atoms. The molecule has 0 unspecified atom stereocenters. The van der Waals surface area contributed by atoms with Crippen LogP contribution in [0, 0.1) is 5.41 Å². The van der Waals surface area contributed by atoms with Crippen molar-refractivity contribution in [3.63, 3.8) is 0 Å². The number of benzene rings is 1. The molecule has 0 amide bonds. The van der Waals surface area contributed by atoms with Crippen molar-refractivity contribution in [1.82, 2.24) is 10.6 Å². The van der Waals surface area contributed by atoms with Crippen LogP contribution in [0.1, 0.15) is 38.2 Å². The quantitative estimate of drug-likeness (QED) is 0.343. The molecule has 4 nitrogen and oxygen atoms in total. The number of aliphatic imine (C=N–C) groups is 1. The molecule has 1 fully saturated rings. The summed E-state index contributed by atoms with van der Waals surface area (Å²) in [6, 6.07) is 7.85. The number of hydrogen-bond acceptors (Lipinski definition) is 2. The fourth-order valence-corrected chi connectivity index (χ4v) is 3.11. The minimum atomic E-state index is 0. The summed E-state index contributed by atoms with van der Waals surface area (Å²) >= 11 is 6.20. The summed E-state index contributed by atoms with van der Waals surface area (Å²) in [5, 5.41) is 7.58. The normalized spacial score (nSPS) is 16.0. The summed E-state index contributed by atoms with van der Waals surface area (Å²) in [4.78, 5) is 4.67. The van der Waals surface area contributed by atoms with Crippen LogP contribution in [-0.2, 0) is 11.3 Å². The van der Waals surface area contributed by atoms with E-state index >= 15 is 0 Å². The van der Waals surface area contributed by atoms with Crippen LogP contribution < -0.4 is 10.6 Å². The zero-order valence-electron chi connectivity index (χ0n) is 14.6. The number of guanidine groups is 1. The number of ether oxygens (including phenoxy) is 1. The predicted molar refractivity (Wildman–Crippen MR) is 112 cm³/mol. The molecular formula is C18H29ClIN3O. The van der Waals surface area contributed by atoms with E-state index in [4.69, 9.17) is 16.3 Å². The Hall–Kier alpha value is -0.530. The fourth-order valence-electron chi connectivity index (χ4n) is 2.91. The second-order valence-corrected chi connectivity index (χ2v) is 6.64. The molecule has 136 valence electrons. The van der Waals surface area contributed by atoms with Gasteiger partial charge in [-0.25, -0.2) is 4.99 Å². The highest BCUT2D eigenvalue weighted by Crippen LogP contribution is 2.43. The lowest BCUT2D eigenvalue weighted by Crippen LogP contribution is -2.46. The van der Waals surface area contributed by atoms with Gasteiger partial charge in [-0.05, 0) is 43.2 Å². The molecule has 0 aromatic heterocycles. The minimum absolute atomic E-state index is 0. The van der Waals surface area contributed by atoms with Gasteiger partial charge < -0.3 is 15.4 Å². The summed E-state index contributed by atoms with van der Waals surface area (Å²) < 4.78 is 5.26. The van der Waals surface area contributed by atoms with Gasteiger partial charge in [-0.1, -0.05) is 36.2 Å². The first-order valence-electron chi connectivity index (χ1n) is 8.44. The van der Waals surface area contributed by atoms with Crippen LogP contribution in [0.2, 0.25) is 5.02 Å². The number of nitrogens with one attached hydrogen (secondary N) is 2. The topological polar surface area (TPSA) is 45.7 Å². The van der Waals surface area contributed by atoms with Gasteiger partial charge in [0.15, 0.2) is 5.96 Å². The molecule has 1 aromatic carbocycles. The second-order valence-electron chi connectivity index (χ2n) is 6.24. The minimum Gasteiger partial charge on any atom is -0.385 e. The first kappa shape index (κ1) is 21.5. The molecule has 0 radical (unpaired) electrons. The van der Waals surface area contributed by atoms with Gasteiger partial charge in [0.2, 0.25) is 0 Å². The van der Waals surface area contributed by atoms with Crippen molar-refractivity contribution in [1.29, 1.82) is 0 Å². The van der Waals surface area contributed by atoms with Crippen LogP contribution in [0.25, 0.3) is 0 Å². The Labute approximate surface area is 167 Å². The van der Waals surface area contributed by atoms with Crippen molar-refractivity contribution < 1.29 is 4.74 Å². The molecular weight excluding hydrogens is 437 g/mol. The third-order valence-corrected chi connectivity index (χ3v) is 4.96. The highest BCUT2D eigenvalue weighted by Gasteiger charge is 2.36. The van der Waals surface area contributed by atoms with Crippen molar-refractivity contribution in [2.75, 3.05) is 26.8 Å². The Morgan fingerprint density at radius 3 is 2.62 bits per heavy atom. The fraction of sp³-hybridized carbons (Fsp3) is 0.611. The van der Waals surface area contributed by atoms with Gasteiger partial charge in [0.1, 0.15) is 0 Å². The van der Waals surface area contributed by atoms with Crippen molar-refractivity contribution in [3.8, 4) is 0 Å². The second kappa shape index (κ2) is 11.2. The van der Waals surface area contributed by atoms with Gasteiger partial charge in [0.05, 0.1) is 6.54 Å². The van der Waals surface area contributed by atoms with Crippen LogP contribution in [0.4, 0.5) is 0 Å². The number of nitrogens with zero attached hydrogens (tertiary/aromatic N) is 1. The molecule has 6 heteroatoms. The van der Waals surface area contributed by atoms with E-state index in [1.807, 2.05) is 24.3 Å². The maximum absolute atomic E-state index is 6.20. The van der Waals surface area contributed by atoms with E-state index in [-0.39, 0.29) is 24.0 Å². The molecule has 1 aliphatic carbocycles. The molecule has 2 N–H and O–H groups in total. The summed E-state index contributed by atoms with van der Waals surface area (Å²) in [5.41, 5.74) is 1.42. The first-order chi connectivity index (χ1) is 11.2. The third-order valence-electron chi connectivity index (χ3n) is 4.59. The molecule has 24 heavy (non-hydrogen) atoms. The van der Waals surface area contributed by atoms with Crippen LogP contribution in [0.3, 0.4) is 0 Å². The van der Waals surface area contributed by atoms with E-state index in [2.05, 4.69) is 22.5 Å². The summed E-state index contributed by atoms with van der Waals surface area (Å²) in [5.74, 6) is 0.858. The third kappa shape index (κ3) is 6.41. The van der Waals surface area contributed by atoms with Crippen LogP contribution >= 0.6 is 35.6 Å². The monoisotopic (exact) mass is 465 g/mol. The van der Waals surface area contributed by atoms with E-state index in [0.717, 1.165) is 42.7 Å². The molecule has 1 saturated carbocycles. The van der Waals surface area contributed by atoms with Crippen LogP contribution in [-0.4, -0.2) is 32.8 Å². The van der Waals surface area contributed by atoms with E-state index < -0.39 is 0 Å². The van der Waals surface area contributed by atoms with Gasteiger partial charge >= 0.3 is 0 Å². The van der Waals surface area contributed by atoms with E-state index in [1.54, 1.807) is 7.11 Å². The van der Waals surface area contributed by atoms with Gasteiger partial charge in [-0.3, -0.25) is 0 Å². The lowest BCUT2D eigenvalue weighted by molar-refractivity contribution is 0.0732. The van der Waals surface area contributed by atoms with Crippen LogP contribution in [0.15, 0.2) is 29.3 Å². The zero-order chi connectivity index (χ0) is 16.5. The van der Waals surface area contributed by atoms with Gasteiger partial charge in [0, 0.05) is 31.8 Å². The highest BCUT2D eigenvalue weighted by atomic mass is 127. The Morgan fingerprint density at radius 1 is 1.29 bits per heavy atom. The summed E-state index contributed by atoms with van der Waals surface area (Å²) in [6.45, 7) is 5.29. The van der Waals surface area contributed by atoms with Crippen molar-refractivity contribution in [2.24, 2.45) is 10.4 Å². The summed E-state index contributed by atoms with van der Waals surface area (Å²) in [7, 11) is 1.77. The number of methoxy groups -OCH3 is 1. The number of rotatable bonds is 8. The van der Waals surface area contributed by atoms with Crippen LogP contribution in [0.5, 0.6) is 0 Å². The molecule has 0 saturated heterocycles. The van der Waals surface area contributed by atoms with E-state index in [0.29, 0.717) is 12.0 Å². The Bertz CT molecular complexity index is 521. The largest absolute Gasteiger partial charge is 0.385 e. The smallest absolute Gasteiger partial charge is 0.191 e. The number of hydrogen-bond donors (Lipinski definition) is 2. The Morgan fingerprint density at radius 2 is 2.04 bits per heavy atom. The van der Waals surface area contributed by atoms with Crippen molar-refractivity contribution >= 4 is 41.5 Å². The van der Waals surface area contributed by atoms with Gasteiger partial charge in [-0.2, -0.15) is 0 Å². The average molecular weight is 466 g/mol. The maximum atomic E-state index is 6.20. The first-order valence-corrected chi connectivity index (χ1v) is 8.81. The summed E-state index contributed by atoms with van der Waals surface area (Å²) in [6.07, 6.45) is 4.97. The van der Waals surface area contributed by atoms with E-state index in [9.17, 15) is 0 Å².